The Bertz CT molecular complexity index is 6960. The summed E-state index contributed by atoms with van der Waals surface area (Å²) in [5, 5.41) is 0. The van der Waals surface area contributed by atoms with Crippen LogP contribution >= 0.6 is 0 Å². The highest BCUT2D eigenvalue weighted by atomic mass is 15.0. The van der Waals surface area contributed by atoms with E-state index in [0.29, 0.717) is 17.5 Å². The molecule has 4 heterocycles. The molecular formula is C121H96N8. The molecule has 0 amide bonds. The zero-order chi connectivity index (χ0) is 87.9. The summed E-state index contributed by atoms with van der Waals surface area (Å²) in [4.78, 5) is 39.1. The Hall–Kier alpha value is -16.2. The minimum absolute atomic E-state index is 0.135. The van der Waals surface area contributed by atoms with E-state index in [-0.39, 0.29) is 16.2 Å². The molecule has 0 saturated heterocycles. The Morgan fingerprint density at radius 2 is 0.287 bits per heavy atom. The van der Waals surface area contributed by atoms with Crippen LogP contribution < -0.4 is 0 Å². The third-order valence-corrected chi connectivity index (χ3v) is 24.5. The van der Waals surface area contributed by atoms with Crippen LogP contribution in [0.5, 0.6) is 0 Å². The molecule has 0 spiro atoms. The molecule has 0 atom stereocenters. The maximum absolute atomic E-state index is 5.00. The van der Waals surface area contributed by atoms with Gasteiger partial charge in [-0.25, -0.2) is 34.9 Å². The number of hydrogen-bond donors (Lipinski definition) is 0. The van der Waals surface area contributed by atoms with E-state index in [1.807, 2.05) is 134 Å². The minimum Gasteiger partial charge on any atom is -0.256 e. The average Bonchev–Trinajstić information content (AvgIpc) is 0.785. The van der Waals surface area contributed by atoms with Crippen molar-refractivity contribution in [1.82, 2.24) is 39.9 Å². The second kappa shape index (κ2) is 38.1. The van der Waals surface area contributed by atoms with Gasteiger partial charge in [0, 0.05) is 78.1 Å². The van der Waals surface area contributed by atoms with E-state index in [1.54, 1.807) is 0 Å². The monoisotopic (exact) mass is 1660 g/mol. The predicted molar refractivity (Wildman–Crippen MR) is 534 cm³/mol. The van der Waals surface area contributed by atoms with E-state index in [9.17, 15) is 0 Å². The molecule has 0 aliphatic carbocycles. The molecule has 129 heavy (non-hydrogen) atoms. The molecule has 20 aromatic rings. The normalized spacial score (nSPS) is 11.3. The summed E-state index contributed by atoms with van der Waals surface area (Å²) in [6.45, 7) is 13.7. The predicted octanol–water partition coefficient (Wildman–Crippen LogP) is 30.5. The van der Waals surface area contributed by atoms with Gasteiger partial charge in [-0.2, -0.15) is 0 Å². The molecule has 0 saturated carbocycles. The summed E-state index contributed by atoms with van der Waals surface area (Å²) in [6.07, 6.45) is 1.83. The van der Waals surface area contributed by atoms with Crippen molar-refractivity contribution in [3.8, 4) is 158 Å². The molecule has 4 aromatic heterocycles. The van der Waals surface area contributed by atoms with Gasteiger partial charge in [0.2, 0.25) is 0 Å². The third-order valence-electron chi connectivity index (χ3n) is 24.5. The maximum Gasteiger partial charge on any atom is 0.164 e. The van der Waals surface area contributed by atoms with Crippen LogP contribution in [0.3, 0.4) is 0 Å². The van der Waals surface area contributed by atoms with Crippen molar-refractivity contribution in [2.75, 3.05) is 0 Å². The zero-order valence-corrected chi connectivity index (χ0v) is 73.1. The van der Waals surface area contributed by atoms with E-state index in [1.165, 1.54) is 72.3 Å². The van der Waals surface area contributed by atoms with E-state index in [0.717, 1.165) is 101 Å². The van der Waals surface area contributed by atoms with Gasteiger partial charge in [-0.1, -0.05) is 484 Å². The highest BCUT2D eigenvalue weighted by Gasteiger charge is 2.28. The molecule has 0 aliphatic rings. The Kier molecular flexibility index (Phi) is 24.7. The van der Waals surface area contributed by atoms with Crippen LogP contribution in [-0.2, 0) is 16.2 Å². The molecule has 0 unspecified atom stereocenters. The molecule has 0 aliphatic heterocycles. The third kappa shape index (κ3) is 19.4. The van der Waals surface area contributed by atoms with E-state index in [2.05, 4.69) is 386 Å². The van der Waals surface area contributed by atoms with Gasteiger partial charge < -0.3 is 0 Å². The van der Waals surface area contributed by atoms with Gasteiger partial charge in [-0.15, -0.1) is 0 Å². The van der Waals surface area contributed by atoms with Crippen LogP contribution in [0.2, 0.25) is 0 Å². The summed E-state index contributed by atoms with van der Waals surface area (Å²) in [5.74, 6) is 3.41. The molecule has 8 nitrogen and oxygen atoms in total. The van der Waals surface area contributed by atoms with Gasteiger partial charge in [0.1, 0.15) is 0 Å². The molecule has 620 valence electrons. The van der Waals surface area contributed by atoms with Crippen molar-refractivity contribution in [2.24, 2.45) is 0 Å². The highest BCUT2D eigenvalue weighted by molar-refractivity contribution is 5.78. The van der Waals surface area contributed by atoms with Gasteiger partial charge >= 0.3 is 0 Å². The summed E-state index contributed by atoms with van der Waals surface area (Å²) in [7, 11) is 0. The molecule has 0 fully saturated rings. The van der Waals surface area contributed by atoms with Gasteiger partial charge in [0.05, 0.1) is 28.5 Å². The Morgan fingerprint density at radius 1 is 0.132 bits per heavy atom. The lowest BCUT2D eigenvalue weighted by molar-refractivity contribution is 0.641. The Morgan fingerprint density at radius 3 is 0.519 bits per heavy atom. The minimum atomic E-state index is -0.193. The number of pyridine rings is 1. The van der Waals surface area contributed by atoms with Gasteiger partial charge in [-0.05, 0) is 102 Å². The molecule has 16 aromatic carbocycles. The van der Waals surface area contributed by atoms with E-state index < -0.39 is 0 Å². The van der Waals surface area contributed by atoms with Crippen molar-refractivity contribution < 1.29 is 0 Å². The maximum atomic E-state index is 5.00. The van der Waals surface area contributed by atoms with Crippen molar-refractivity contribution in [1.29, 1.82) is 0 Å². The average molecular weight is 1660 g/mol. The van der Waals surface area contributed by atoms with Crippen molar-refractivity contribution in [3.05, 3.63) is 507 Å². The van der Waals surface area contributed by atoms with Gasteiger partial charge in [0.25, 0.3) is 0 Å². The fraction of sp³-hybridized carbons (Fsp3) is 0.0744. The first-order chi connectivity index (χ1) is 63.2. The van der Waals surface area contributed by atoms with Crippen LogP contribution in [0.1, 0.15) is 74.9 Å². The molecule has 0 bridgehead atoms. The summed E-state index contributed by atoms with van der Waals surface area (Å²) in [5.41, 5.74) is 31.7. The summed E-state index contributed by atoms with van der Waals surface area (Å²) < 4.78 is 0. The van der Waals surface area contributed by atoms with Gasteiger partial charge in [-0.3, -0.25) is 4.98 Å². The molecule has 8 heteroatoms. The van der Waals surface area contributed by atoms with Crippen molar-refractivity contribution >= 4 is 0 Å². The highest BCUT2D eigenvalue weighted by Crippen LogP contribution is 2.41. The lowest BCUT2D eigenvalue weighted by Gasteiger charge is -2.26. The first-order valence-corrected chi connectivity index (χ1v) is 43.9. The summed E-state index contributed by atoms with van der Waals surface area (Å²) in [6, 6.07) is 163. The lowest BCUT2D eigenvalue weighted by Crippen LogP contribution is -2.18. The van der Waals surface area contributed by atoms with Crippen LogP contribution in [-0.4, -0.2) is 39.9 Å². The fourth-order valence-electron chi connectivity index (χ4n) is 16.4. The smallest absolute Gasteiger partial charge is 0.164 e. The first kappa shape index (κ1) is 83.7. The van der Waals surface area contributed by atoms with Crippen molar-refractivity contribution in [3.63, 3.8) is 0 Å². The Labute approximate surface area is 757 Å². The van der Waals surface area contributed by atoms with Crippen LogP contribution in [0, 0.1) is 0 Å². The number of hydrogen-bond acceptors (Lipinski definition) is 8. The molecule has 20 rings (SSSR count). The number of rotatable bonds is 20. The van der Waals surface area contributed by atoms with Crippen molar-refractivity contribution in [2.45, 2.75) is 57.8 Å². The lowest BCUT2D eigenvalue weighted by atomic mass is 9.77. The Balaban J connectivity index is 0.000000131. The number of aromatic nitrogens is 8. The van der Waals surface area contributed by atoms with E-state index in [4.69, 9.17) is 34.9 Å². The topological polar surface area (TPSA) is 103 Å². The largest absolute Gasteiger partial charge is 0.256 e. The first-order valence-electron chi connectivity index (χ1n) is 43.9. The van der Waals surface area contributed by atoms with Gasteiger partial charge in [0.15, 0.2) is 29.1 Å². The zero-order valence-electron chi connectivity index (χ0n) is 73.1. The SMILES string of the molecule is CC(C)(c1ccc(-c2ccc(-c3ccccc3)cc2)cc1)c1ccc(-c2cc(-c3ccccc3)nc(-c3ccccc3)n2)cc1.CC(C)(c1ccc(-c2ccccc2)cc1)c1ccc(-c2cc(-c3ccccc3)nc(-c3ccccc3)n2)cc1.CC(C)(c1ccc(-c2ccccn2)cc1)c1ccc(-c2nc(-c3ccccc3)nc(-c3ccc(-c4ccccc4)cc3)n2)cc1. The van der Waals surface area contributed by atoms with E-state index >= 15 is 0 Å². The second-order valence-corrected chi connectivity index (χ2v) is 33.9. The second-order valence-electron chi connectivity index (χ2n) is 33.9. The standard InChI is InChI=1S/C43H34N2.C41H32N4.C37H30N2/c1-43(2,38-26-22-34(23-27-38)33-20-18-32(19-21-33)31-12-6-3-7-13-31)39-28-24-36(25-29-39)41-30-40(35-14-8-4-9-15-35)44-42(45-41)37-16-10-5-11-17-37;1-41(2,35-24-20-31(21-25-35)37-15-9-10-28-42-37)36-26-22-34(23-27-36)40-44-38(32-13-7-4-8-14-32)43-39(45-40)33-18-16-30(17-19-33)29-11-5-3-6-12-29;1-37(2,32-22-18-28(19-23-32)27-12-6-3-7-13-27)33-24-20-30(21-25-33)35-26-34(29-14-8-4-9-15-29)38-36(39-35)31-16-10-5-11-17-31/h3-30H,1-2H3;3-28H,1-2H3;3-26H,1-2H3. The fourth-order valence-corrected chi connectivity index (χ4v) is 16.4. The van der Waals surface area contributed by atoms with Crippen LogP contribution in [0.4, 0.5) is 0 Å². The molecular weight excluding hydrogens is 1570 g/mol. The number of nitrogens with zero attached hydrogens (tertiary/aromatic N) is 8. The quantitative estimate of drug-likeness (QED) is 0.0743. The summed E-state index contributed by atoms with van der Waals surface area (Å²) >= 11 is 0. The molecule has 0 N–H and O–H groups in total. The molecule has 0 radical (unpaired) electrons. The van der Waals surface area contributed by atoms with Crippen LogP contribution in [0.15, 0.2) is 473 Å². The number of benzene rings is 16. The van der Waals surface area contributed by atoms with Crippen LogP contribution in [0.25, 0.3) is 158 Å².